The van der Waals surface area contributed by atoms with Gasteiger partial charge in [0.05, 0.1) is 5.56 Å². The van der Waals surface area contributed by atoms with Gasteiger partial charge in [-0.25, -0.2) is 8.78 Å². The smallest absolute Gasteiger partial charge is 0.255 e. The topological polar surface area (TPSA) is 73.8 Å². The Hall–Kier alpha value is -3.36. The maximum Gasteiger partial charge on any atom is 0.255 e. The van der Waals surface area contributed by atoms with Gasteiger partial charge >= 0.3 is 0 Å². The van der Waals surface area contributed by atoms with Gasteiger partial charge in [0.25, 0.3) is 5.91 Å². The van der Waals surface area contributed by atoms with Crippen LogP contribution in [-0.2, 0) is 16.0 Å². The van der Waals surface area contributed by atoms with Crippen molar-refractivity contribution in [3.63, 3.8) is 0 Å². The van der Waals surface area contributed by atoms with E-state index in [9.17, 15) is 23.2 Å². The van der Waals surface area contributed by atoms with Crippen LogP contribution in [-0.4, -0.2) is 76.2 Å². The molecule has 2 aliphatic heterocycles. The number of piperidine rings is 1. The van der Waals surface area contributed by atoms with Gasteiger partial charge in [-0.1, -0.05) is 6.07 Å². The van der Waals surface area contributed by atoms with E-state index in [1.807, 2.05) is 0 Å². The number of nitrogens with zero attached hydrogens (tertiary/aromatic N) is 4. The molecule has 192 valence electrons. The van der Waals surface area contributed by atoms with Gasteiger partial charge in [-0.3, -0.25) is 19.4 Å². The molecule has 3 heterocycles. The first-order valence-corrected chi connectivity index (χ1v) is 12.4. The van der Waals surface area contributed by atoms with Crippen LogP contribution in [0.15, 0.2) is 42.7 Å². The molecule has 0 spiro atoms. The Morgan fingerprint density at radius 1 is 1.11 bits per heavy atom. The Morgan fingerprint density at radius 2 is 1.86 bits per heavy atom. The van der Waals surface area contributed by atoms with Gasteiger partial charge in [-0.05, 0) is 61.8 Å². The lowest BCUT2D eigenvalue weighted by atomic mass is 9.84. The van der Waals surface area contributed by atoms with Crippen LogP contribution >= 0.6 is 0 Å². The Kier molecular flexibility index (Phi) is 7.96. The van der Waals surface area contributed by atoms with Crippen molar-refractivity contribution >= 4 is 17.7 Å². The number of rotatable bonds is 6. The molecular weight excluding hydrogens is 466 g/mol. The predicted molar refractivity (Wildman–Crippen MR) is 130 cm³/mol. The van der Waals surface area contributed by atoms with E-state index in [0.29, 0.717) is 50.0 Å². The van der Waals surface area contributed by atoms with E-state index in [-0.39, 0.29) is 36.1 Å². The first kappa shape index (κ1) is 25.7. The first-order valence-electron chi connectivity index (χ1n) is 12.4. The number of likely N-dealkylation sites (tertiary alicyclic amines) is 2. The number of likely N-dealkylation sites (N-methyl/N-ethyl adjacent to an activating group) is 1. The van der Waals surface area contributed by atoms with E-state index < -0.39 is 17.7 Å². The first-order chi connectivity index (χ1) is 17.3. The van der Waals surface area contributed by atoms with Crippen LogP contribution in [0.25, 0.3) is 0 Å². The highest BCUT2D eigenvalue weighted by Crippen LogP contribution is 2.30. The highest BCUT2D eigenvalue weighted by atomic mass is 19.1. The van der Waals surface area contributed by atoms with Crippen molar-refractivity contribution < 1.29 is 23.2 Å². The molecule has 0 N–H and O–H groups in total. The minimum atomic E-state index is -0.647. The van der Waals surface area contributed by atoms with Gasteiger partial charge in [0.2, 0.25) is 11.8 Å². The van der Waals surface area contributed by atoms with Gasteiger partial charge in [-0.15, -0.1) is 0 Å². The van der Waals surface area contributed by atoms with Crippen LogP contribution in [0.5, 0.6) is 0 Å². The molecule has 2 fully saturated rings. The largest absolute Gasteiger partial charge is 0.341 e. The van der Waals surface area contributed by atoms with Crippen LogP contribution < -0.4 is 0 Å². The van der Waals surface area contributed by atoms with Crippen molar-refractivity contribution in [1.29, 1.82) is 0 Å². The number of amides is 3. The monoisotopic (exact) mass is 498 g/mol. The van der Waals surface area contributed by atoms with E-state index in [2.05, 4.69) is 4.98 Å². The molecule has 1 unspecified atom stereocenters. The summed E-state index contributed by atoms with van der Waals surface area (Å²) >= 11 is 0. The summed E-state index contributed by atoms with van der Waals surface area (Å²) in [6.07, 6.45) is 6.08. The van der Waals surface area contributed by atoms with Crippen LogP contribution in [0.4, 0.5) is 8.78 Å². The highest BCUT2D eigenvalue weighted by molar-refractivity contribution is 5.94. The fourth-order valence-electron chi connectivity index (χ4n) is 5.49. The van der Waals surface area contributed by atoms with Crippen molar-refractivity contribution in [2.45, 2.75) is 51.1 Å². The lowest BCUT2D eigenvalue weighted by molar-refractivity contribution is -0.144. The van der Waals surface area contributed by atoms with Gasteiger partial charge in [-0.2, -0.15) is 0 Å². The fraction of sp³-hybridized carbons (Fsp3) is 0.481. The second-order valence-electron chi connectivity index (χ2n) is 9.70. The molecule has 9 heteroatoms. The normalized spacial score (nSPS) is 19.3. The molecule has 36 heavy (non-hydrogen) atoms. The summed E-state index contributed by atoms with van der Waals surface area (Å²) in [5.41, 5.74) is 0.775. The second kappa shape index (κ2) is 11.1. The molecule has 1 aromatic heterocycles. The molecule has 7 nitrogen and oxygen atoms in total. The highest BCUT2D eigenvalue weighted by Gasteiger charge is 2.38. The maximum absolute atomic E-state index is 14.6. The van der Waals surface area contributed by atoms with Crippen molar-refractivity contribution in [2.75, 3.05) is 26.7 Å². The zero-order valence-corrected chi connectivity index (χ0v) is 20.7. The standard InChI is InChI=1S/C27H32F2N4O3/c1-18(34)33-12-4-6-24(33)27(36)32-13-9-19(10-14-32)25(15-20-7-8-22(28)16-23(20)29)31(2)26(35)21-5-3-11-30-17-21/h3,5,7-8,11,16-17,19,24-25H,4,6,9-10,12-15H2,1-2H3/t24-,25?/m0/s1. The SMILES string of the molecule is CC(=O)N1CCC[C@H]1C(=O)N1CCC(C(Cc2ccc(F)cc2F)N(C)C(=O)c2cccnc2)CC1. The average Bonchev–Trinajstić information content (AvgIpc) is 3.38. The second-order valence-corrected chi connectivity index (χ2v) is 9.70. The molecule has 0 aliphatic carbocycles. The lowest BCUT2D eigenvalue weighted by Gasteiger charge is -2.41. The summed E-state index contributed by atoms with van der Waals surface area (Å²) in [6.45, 7) is 3.10. The molecule has 0 bridgehead atoms. The molecule has 1 aromatic carbocycles. The van der Waals surface area contributed by atoms with Crippen molar-refractivity contribution in [2.24, 2.45) is 5.92 Å². The molecule has 2 saturated heterocycles. The Balaban J connectivity index is 1.50. The molecule has 2 aliphatic rings. The maximum atomic E-state index is 14.6. The summed E-state index contributed by atoms with van der Waals surface area (Å²) in [5.74, 6) is -1.61. The number of benzene rings is 1. The van der Waals surface area contributed by atoms with Crippen LogP contribution in [0.3, 0.4) is 0 Å². The molecule has 0 radical (unpaired) electrons. The van der Waals surface area contributed by atoms with Crippen molar-refractivity contribution in [1.82, 2.24) is 19.7 Å². The van der Waals surface area contributed by atoms with Gasteiger partial charge < -0.3 is 14.7 Å². The third-order valence-corrected chi connectivity index (χ3v) is 7.51. The fourth-order valence-corrected chi connectivity index (χ4v) is 5.49. The lowest BCUT2D eigenvalue weighted by Crippen LogP contribution is -2.52. The van der Waals surface area contributed by atoms with Crippen LogP contribution in [0.1, 0.15) is 48.5 Å². The minimum absolute atomic E-state index is 0.0108. The molecule has 2 aromatic rings. The zero-order chi connectivity index (χ0) is 25.8. The number of pyridine rings is 1. The predicted octanol–water partition coefficient (Wildman–Crippen LogP) is 3.29. The summed E-state index contributed by atoms with van der Waals surface area (Å²) in [6, 6.07) is 6.13. The van der Waals surface area contributed by atoms with E-state index in [4.69, 9.17) is 0 Å². The summed E-state index contributed by atoms with van der Waals surface area (Å²) in [7, 11) is 1.70. The van der Waals surface area contributed by atoms with E-state index in [0.717, 1.165) is 12.5 Å². The zero-order valence-electron chi connectivity index (χ0n) is 20.7. The van der Waals surface area contributed by atoms with Gasteiger partial charge in [0, 0.05) is 58.1 Å². The number of hydrogen-bond donors (Lipinski definition) is 0. The average molecular weight is 499 g/mol. The quantitative estimate of drug-likeness (QED) is 0.613. The number of aromatic nitrogens is 1. The minimum Gasteiger partial charge on any atom is -0.341 e. The van der Waals surface area contributed by atoms with Crippen molar-refractivity contribution in [3.8, 4) is 0 Å². The molecular formula is C27H32F2N4O3. The Labute approximate surface area is 210 Å². The van der Waals surface area contributed by atoms with E-state index in [1.54, 1.807) is 40.1 Å². The summed E-state index contributed by atoms with van der Waals surface area (Å²) in [5, 5.41) is 0. The van der Waals surface area contributed by atoms with Gasteiger partial charge in [0.15, 0.2) is 0 Å². The summed E-state index contributed by atoms with van der Waals surface area (Å²) < 4.78 is 28.1. The number of carbonyl (C=O) groups is 3. The molecule has 4 rings (SSSR count). The number of halogens is 2. The third-order valence-electron chi connectivity index (χ3n) is 7.51. The van der Waals surface area contributed by atoms with E-state index >= 15 is 0 Å². The van der Waals surface area contributed by atoms with Crippen LogP contribution in [0, 0.1) is 17.6 Å². The molecule has 2 atom stereocenters. The van der Waals surface area contributed by atoms with Gasteiger partial charge in [0.1, 0.15) is 17.7 Å². The Morgan fingerprint density at radius 3 is 2.50 bits per heavy atom. The Bertz CT molecular complexity index is 1110. The van der Waals surface area contributed by atoms with E-state index in [1.165, 1.54) is 25.3 Å². The number of carbonyl (C=O) groups excluding carboxylic acids is 3. The summed E-state index contributed by atoms with van der Waals surface area (Å²) in [4.78, 5) is 47.4. The van der Waals surface area contributed by atoms with Crippen molar-refractivity contribution in [3.05, 3.63) is 65.5 Å². The molecule has 3 amide bonds. The van der Waals surface area contributed by atoms with Crippen LogP contribution in [0.2, 0.25) is 0 Å². The molecule has 0 saturated carbocycles. The third kappa shape index (κ3) is 5.55. The number of hydrogen-bond acceptors (Lipinski definition) is 4.